The molecule has 1 aliphatic carbocycles. The molecule has 6 heteroatoms. The largest absolute Gasteiger partial charge is 0.492 e. The molecule has 2 aliphatic rings. The molecule has 2 aromatic carbocycles. The molecule has 0 saturated heterocycles. The lowest BCUT2D eigenvalue weighted by Crippen LogP contribution is -2.46. The van der Waals surface area contributed by atoms with E-state index in [1.807, 2.05) is 39.0 Å². The number of halogens is 1. The molecule has 0 radical (unpaired) electrons. The van der Waals surface area contributed by atoms with Crippen molar-refractivity contribution in [3.05, 3.63) is 64.2 Å². The number of hydrogen-bond acceptors (Lipinski definition) is 3. The van der Waals surface area contributed by atoms with Crippen molar-refractivity contribution in [1.29, 1.82) is 0 Å². The first-order valence-electron chi connectivity index (χ1n) is 10.8. The van der Waals surface area contributed by atoms with Crippen molar-refractivity contribution in [3.63, 3.8) is 0 Å². The van der Waals surface area contributed by atoms with Crippen LogP contribution in [-0.2, 0) is 11.8 Å². The van der Waals surface area contributed by atoms with E-state index in [2.05, 4.69) is 24.3 Å². The van der Waals surface area contributed by atoms with Gasteiger partial charge in [-0.05, 0) is 75.4 Å². The van der Waals surface area contributed by atoms with E-state index in [0.717, 1.165) is 47.9 Å². The Morgan fingerprint density at radius 2 is 1.90 bits per heavy atom. The van der Waals surface area contributed by atoms with Crippen molar-refractivity contribution in [2.75, 3.05) is 19.7 Å². The van der Waals surface area contributed by atoms with Crippen molar-refractivity contribution >= 4 is 23.4 Å². The summed E-state index contributed by atoms with van der Waals surface area (Å²) in [6.07, 6.45) is 2.15. The van der Waals surface area contributed by atoms with Crippen LogP contribution >= 0.6 is 11.6 Å². The van der Waals surface area contributed by atoms with Crippen LogP contribution in [0.25, 0.3) is 0 Å². The standard InChI is InChI=1S/C25H29ClN2O3/c1-24(2,3)28(23(29)30)14-15-31-20-9-4-17-10-13-27-22(21(17)16-20)25(11-12-25)18-5-7-19(26)8-6-18/h4-9,16H,10-15H2,1-3H3,(H,29,30). The van der Waals surface area contributed by atoms with Crippen LogP contribution in [0.4, 0.5) is 4.79 Å². The maximum absolute atomic E-state index is 11.5. The number of nitrogens with zero attached hydrogens (tertiary/aromatic N) is 2. The van der Waals surface area contributed by atoms with Crippen molar-refractivity contribution in [2.24, 2.45) is 4.99 Å². The van der Waals surface area contributed by atoms with Gasteiger partial charge in [0.15, 0.2) is 0 Å². The molecule has 4 rings (SSSR count). The van der Waals surface area contributed by atoms with Gasteiger partial charge in [0, 0.05) is 28.1 Å². The second-order valence-electron chi connectivity index (χ2n) is 9.34. The highest BCUT2D eigenvalue weighted by atomic mass is 35.5. The number of amides is 1. The molecule has 1 saturated carbocycles. The van der Waals surface area contributed by atoms with E-state index in [1.165, 1.54) is 16.0 Å². The topological polar surface area (TPSA) is 62.1 Å². The first-order chi connectivity index (χ1) is 14.7. The summed E-state index contributed by atoms with van der Waals surface area (Å²) >= 11 is 6.10. The lowest BCUT2D eigenvalue weighted by molar-refractivity contribution is 0.0892. The summed E-state index contributed by atoms with van der Waals surface area (Å²) in [7, 11) is 0. The molecule has 1 N–H and O–H groups in total. The van der Waals surface area contributed by atoms with Crippen molar-refractivity contribution < 1.29 is 14.6 Å². The average molecular weight is 441 g/mol. The van der Waals surface area contributed by atoms with E-state index in [-0.39, 0.29) is 5.41 Å². The summed E-state index contributed by atoms with van der Waals surface area (Å²) in [6.45, 7) is 7.07. The molecule has 5 nitrogen and oxygen atoms in total. The Kier molecular flexibility index (Phi) is 5.73. The number of aliphatic imine (C=N–C) groups is 1. The second-order valence-corrected chi connectivity index (χ2v) is 9.78. The van der Waals surface area contributed by atoms with Crippen molar-refractivity contribution in [1.82, 2.24) is 4.90 Å². The highest BCUT2D eigenvalue weighted by molar-refractivity contribution is 6.30. The van der Waals surface area contributed by atoms with Crippen LogP contribution in [-0.4, -0.2) is 47.0 Å². The molecule has 31 heavy (non-hydrogen) atoms. The van der Waals surface area contributed by atoms with Gasteiger partial charge in [0.05, 0.1) is 12.3 Å². The van der Waals surface area contributed by atoms with E-state index in [9.17, 15) is 9.90 Å². The normalized spacial score (nSPS) is 16.8. The minimum absolute atomic E-state index is 0.0370. The van der Waals surface area contributed by atoms with Gasteiger partial charge >= 0.3 is 6.09 Å². The lowest BCUT2D eigenvalue weighted by atomic mass is 9.83. The number of hydrogen-bond donors (Lipinski definition) is 1. The minimum Gasteiger partial charge on any atom is -0.492 e. The monoisotopic (exact) mass is 440 g/mol. The van der Waals surface area contributed by atoms with Crippen LogP contribution in [0.15, 0.2) is 47.5 Å². The Balaban J connectivity index is 1.54. The first-order valence-corrected chi connectivity index (χ1v) is 11.2. The summed E-state index contributed by atoms with van der Waals surface area (Å²) in [5.74, 6) is 0.750. The molecule has 1 heterocycles. The Labute approximate surface area is 188 Å². The summed E-state index contributed by atoms with van der Waals surface area (Å²) in [4.78, 5) is 17.9. The zero-order valence-corrected chi connectivity index (χ0v) is 19.1. The van der Waals surface area contributed by atoms with Crippen LogP contribution in [0.1, 0.15) is 50.3 Å². The highest BCUT2D eigenvalue weighted by Crippen LogP contribution is 2.52. The smallest absolute Gasteiger partial charge is 0.407 e. The molecule has 2 aromatic rings. The molecule has 1 fully saturated rings. The fourth-order valence-corrected chi connectivity index (χ4v) is 4.52. The highest BCUT2D eigenvalue weighted by Gasteiger charge is 2.50. The van der Waals surface area contributed by atoms with E-state index in [1.54, 1.807) is 0 Å². The fraction of sp³-hybridized carbons (Fsp3) is 0.440. The summed E-state index contributed by atoms with van der Waals surface area (Å²) < 4.78 is 5.97. The van der Waals surface area contributed by atoms with Crippen LogP contribution in [0.2, 0.25) is 5.02 Å². The average Bonchev–Trinajstić information content (AvgIpc) is 3.51. The van der Waals surface area contributed by atoms with Crippen molar-refractivity contribution in [2.45, 2.75) is 51.0 Å². The van der Waals surface area contributed by atoms with Gasteiger partial charge in [0.1, 0.15) is 12.4 Å². The predicted octanol–water partition coefficient (Wildman–Crippen LogP) is 5.57. The summed E-state index contributed by atoms with van der Waals surface area (Å²) in [5, 5.41) is 10.2. The molecule has 0 unspecified atom stereocenters. The van der Waals surface area contributed by atoms with Crippen LogP contribution < -0.4 is 4.74 Å². The predicted molar refractivity (Wildman–Crippen MR) is 124 cm³/mol. The summed E-state index contributed by atoms with van der Waals surface area (Å²) in [5.41, 5.74) is 4.34. The molecule has 0 atom stereocenters. The minimum atomic E-state index is -0.936. The van der Waals surface area contributed by atoms with Gasteiger partial charge in [-0.15, -0.1) is 0 Å². The number of rotatable bonds is 6. The Morgan fingerprint density at radius 3 is 2.52 bits per heavy atom. The summed E-state index contributed by atoms with van der Waals surface area (Å²) in [6, 6.07) is 14.3. The third kappa shape index (κ3) is 4.42. The van der Waals surface area contributed by atoms with Crippen LogP contribution in [0.3, 0.4) is 0 Å². The van der Waals surface area contributed by atoms with E-state index < -0.39 is 11.6 Å². The van der Waals surface area contributed by atoms with Crippen LogP contribution in [0, 0.1) is 0 Å². The third-order valence-electron chi connectivity index (χ3n) is 6.21. The quantitative estimate of drug-likeness (QED) is 0.638. The zero-order valence-electron chi connectivity index (χ0n) is 18.3. The lowest BCUT2D eigenvalue weighted by Gasteiger charge is -2.33. The molecular formula is C25H29ClN2O3. The number of carbonyl (C=O) groups is 1. The Bertz CT molecular complexity index is 1000. The van der Waals surface area contributed by atoms with Gasteiger partial charge in [0.2, 0.25) is 0 Å². The van der Waals surface area contributed by atoms with Gasteiger partial charge in [-0.25, -0.2) is 4.79 Å². The molecule has 0 spiro atoms. The van der Waals surface area contributed by atoms with Gasteiger partial charge in [0.25, 0.3) is 0 Å². The Hall–Kier alpha value is -2.53. The van der Waals surface area contributed by atoms with E-state index in [4.69, 9.17) is 21.3 Å². The fourth-order valence-electron chi connectivity index (χ4n) is 4.40. The Morgan fingerprint density at radius 1 is 1.19 bits per heavy atom. The maximum Gasteiger partial charge on any atom is 0.407 e. The number of benzene rings is 2. The number of carboxylic acid groups (broad SMARTS) is 1. The van der Waals surface area contributed by atoms with Gasteiger partial charge in [-0.2, -0.15) is 0 Å². The van der Waals surface area contributed by atoms with Gasteiger partial charge < -0.3 is 14.7 Å². The maximum atomic E-state index is 11.5. The van der Waals surface area contributed by atoms with E-state index >= 15 is 0 Å². The van der Waals surface area contributed by atoms with E-state index in [0.29, 0.717) is 13.2 Å². The molecule has 0 bridgehead atoms. The second kappa shape index (κ2) is 8.19. The molecule has 1 amide bonds. The van der Waals surface area contributed by atoms with Gasteiger partial charge in [-0.3, -0.25) is 4.99 Å². The van der Waals surface area contributed by atoms with Gasteiger partial charge in [-0.1, -0.05) is 29.8 Å². The molecule has 164 valence electrons. The molecular weight excluding hydrogens is 412 g/mol. The first kappa shape index (κ1) is 21.7. The number of fused-ring (bicyclic) bond motifs is 1. The third-order valence-corrected chi connectivity index (χ3v) is 6.46. The SMILES string of the molecule is CC(C)(C)N(CCOc1ccc2c(c1)C(C1(c3ccc(Cl)cc3)CC1)=NCC2)C(=O)O. The molecule has 0 aromatic heterocycles. The molecule has 1 aliphatic heterocycles. The van der Waals surface area contributed by atoms with Crippen molar-refractivity contribution in [3.8, 4) is 5.75 Å². The van der Waals surface area contributed by atoms with Crippen LogP contribution in [0.5, 0.6) is 5.75 Å². The zero-order chi connectivity index (χ0) is 22.2. The number of ether oxygens (including phenoxy) is 1.